The Morgan fingerprint density at radius 1 is 1.24 bits per heavy atom. The largest absolute Gasteiger partial charge is 0.433 e. The Morgan fingerprint density at radius 3 is 2.52 bits per heavy atom. The number of fused-ring (bicyclic) bond motifs is 1. The molecule has 2 rings (SSSR count). The van der Waals surface area contributed by atoms with Gasteiger partial charge in [-0.15, -0.1) is 0 Å². The summed E-state index contributed by atoms with van der Waals surface area (Å²) in [6, 6.07) is 0. The summed E-state index contributed by atoms with van der Waals surface area (Å²) >= 11 is 0. The van der Waals surface area contributed by atoms with Crippen molar-refractivity contribution in [1.82, 2.24) is 15.3 Å². The lowest BCUT2D eigenvalue weighted by Crippen LogP contribution is -2.34. The fourth-order valence-corrected chi connectivity index (χ4v) is 2.47. The topological polar surface area (TPSA) is 47.0 Å². The van der Waals surface area contributed by atoms with Gasteiger partial charge < -0.3 is 10.1 Å². The first-order valence-electron chi connectivity index (χ1n) is 7.14. The summed E-state index contributed by atoms with van der Waals surface area (Å²) in [6.45, 7) is 6.62. The van der Waals surface area contributed by atoms with E-state index >= 15 is 0 Å². The zero-order chi connectivity index (χ0) is 15.7. The van der Waals surface area contributed by atoms with E-state index in [9.17, 15) is 13.2 Å². The summed E-state index contributed by atoms with van der Waals surface area (Å²) in [7, 11) is 0. The number of rotatable bonds is 4. The van der Waals surface area contributed by atoms with E-state index in [4.69, 9.17) is 4.74 Å². The molecule has 1 N–H and O–H groups in total. The SMILES string of the molecule is CCOC(C)(CC)c1nc2c(c(C(F)(F)F)n1)CCNC2. The fraction of sp³-hybridized carbons (Fsp3) is 0.714. The number of ether oxygens (including phenoxy) is 1. The van der Waals surface area contributed by atoms with Crippen LogP contribution in [0.15, 0.2) is 0 Å². The Labute approximate surface area is 122 Å². The van der Waals surface area contributed by atoms with Crippen LogP contribution >= 0.6 is 0 Å². The first-order valence-corrected chi connectivity index (χ1v) is 7.14. The second kappa shape index (κ2) is 5.88. The molecule has 0 aromatic carbocycles. The quantitative estimate of drug-likeness (QED) is 0.929. The van der Waals surface area contributed by atoms with Crippen molar-refractivity contribution >= 4 is 0 Å². The van der Waals surface area contributed by atoms with Gasteiger partial charge in [-0.25, -0.2) is 9.97 Å². The number of halogens is 3. The maximum atomic E-state index is 13.3. The predicted octanol–water partition coefficient (Wildman–Crippen LogP) is 2.80. The third kappa shape index (κ3) is 3.18. The molecule has 4 nitrogen and oxygen atoms in total. The minimum Gasteiger partial charge on any atom is -0.368 e. The second-order valence-electron chi connectivity index (χ2n) is 5.26. The first-order chi connectivity index (χ1) is 9.81. The molecule has 1 aliphatic rings. The molecule has 21 heavy (non-hydrogen) atoms. The molecule has 0 aliphatic carbocycles. The van der Waals surface area contributed by atoms with E-state index in [1.807, 2.05) is 6.92 Å². The van der Waals surface area contributed by atoms with Gasteiger partial charge in [-0.1, -0.05) is 6.92 Å². The van der Waals surface area contributed by atoms with Crippen molar-refractivity contribution < 1.29 is 17.9 Å². The Balaban J connectivity index is 2.58. The highest BCUT2D eigenvalue weighted by molar-refractivity contribution is 5.31. The van der Waals surface area contributed by atoms with Crippen LogP contribution in [0, 0.1) is 0 Å². The molecular weight excluding hydrogens is 283 g/mol. The maximum Gasteiger partial charge on any atom is 0.433 e. The summed E-state index contributed by atoms with van der Waals surface area (Å²) < 4.78 is 45.5. The molecule has 1 aliphatic heterocycles. The number of nitrogens with zero attached hydrogens (tertiary/aromatic N) is 2. The highest BCUT2D eigenvalue weighted by Gasteiger charge is 2.40. The molecule has 1 aromatic heterocycles. The maximum absolute atomic E-state index is 13.3. The van der Waals surface area contributed by atoms with Crippen molar-refractivity contribution in [3.63, 3.8) is 0 Å². The number of hydrogen-bond donors (Lipinski definition) is 1. The van der Waals surface area contributed by atoms with Crippen LogP contribution in [0.1, 0.15) is 50.0 Å². The molecule has 0 amide bonds. The third-order valence-corrected chi connectivity index (χ3v) is 3.82. The van der Waals surface area contributed by atoms with Crippen molar-refractivity contribution in [1.29, 1.82) is 0 Å². The van der Waals surface area contributed by atoms with Crippen molar-refractivity contribution in [2.75, 3.05) is 13.2 Å². The molecule has 118 valence electrons. The average Bonchev–Trinajstić information content (AvgIpc) is 2.45. The van der Waals surface area contributed by atoms with Gasteiger partial charge in [0.15, 0.2) is 11.5 Å². The predicted molar refractivity (Wildman–Crippen MR) is 71.7 cm³/mol. The zero-order valence-corrected chi connectivity index (χ0v) is 12.5. The molecule has 1 unspecified atom stereocenters. The van der Waals surface area contributed by atoms with Gasteiger partial charge in [0.1, 0.15) is 5.60 Å². The summed E-state index contributed by atoms with van der Waals surface area (Å²) in [5.41, 5.74) is -1.08. The molecule has 2 heterocycles. The van der Waals surface area contributed by atoms with E-state index < -0.39 is 17.5 Å². The molecular formula is C14H20F3N3O. The van der Waals surface area contributed by atoms with Gasteiger partial charge in [-0.2, -0.15) is 13.2 Å². The van der Waals surface area contributed by atoms with Gasteiger partial charge in [0.25, 0.3) is 0 Å². The van der Waals surface area contributed by atoms with E-state index in [1.165, 1.54) is 0 Å². The summed E-state index contributed by atoms with van der Waals surface area (Å²) in [6.07, 6.45) is -3.67. The van der Waals surface area contributed by atoms with E-state index in [2.05, 4.69) is 15.3 Å². The smallest absolute Gasteiger partial charge is 0.368 e. The van der Waals surface area contributed by atoms with Crippen LogP contribution in [0.4, 0.5) is 13.2 Å². The van der Waals surface area contributed by atoms with Gasteiger partial charge in [-0.05, 0) is 33.2 Å². The average molecular weight is 303 g/mol. The standard InChI is InChI=1S/C14H20F3N3O/c1-4-13(3,21-5-2)12-19-10-8-18-7-6-9(10)11(20-12)14(15,16)17/h18H,4-8H2,1-3H3. The molecule has 0 bridgehead atoms. The highest BCUT2D eigenvalue weighted by atomic mass is 19.4. The molecule has 0 saturated heterocycles. The van der Waals surface area contributed by atoms with E-state index in [1.54, 1.807) is 13.8 Å². The molecule has 1 aromatic rings. The van der Waals surface area contributed by atoms with Crippen molar-refractivity contribution in [3.05, 3.63) is 22.8 Å². The van der Waals surface area contributed by atoms with Crippen molar-refractivity contribution in [3.8, 4) is 0 Å². The number of nitrogens with one attached hydrogen (secondary N) is 1. The number of aromatic nitrogens is 2. The van der Waals surface area contributed by atoms with Crippen LogP contribution in [-0.2, 0) is 29.5 Å². The lowest BCUT2D eigenvalue weighted by Gasteiger charge is -2.29. The van der Waals surface area contributed by atoms with Crippen LogP contribution in [-0.4, -0.2) is 23.1 Å². The Bertz CT molecular complexity index is 519. The number of alkyl halides is 3. The monoisotopic (exact) mass is 303 g/mol. The van der Waals surface area contributed by atoms with Crippen LogP contribution in [0.25, 0.3) is 0 Å². The highest BCUT2D eigenvalue weighted by Crippen LogP contribution is 2.35. The van der Waals surface area contributed by atoms with Crippen molar-refractivity contribution in [2.45, 2.75) is 51.9 Å². The van der Waals surface area contributed by atoms with Crippen LogP contribution < -0.4 is 5.32 Å². The zero-order valence-electron chi connectivity index (χ0n) is 12.5. The van der Waals surface area contributed by atoms with Gasteiger partial charge >= 0.3 is 6.18 Å². The van der Waals surface area contributed by atoms with E-state index in [0.717, 1.165) is 0 Å². The summed E-state index contributed by atoms with van der Waals surface area (Å²) in [4.78, 5) is 8.18. The molecule has 7 heteroatoms. The van der Waals surface area contributed by atoms with Gasteiger partial charge in [-0.3, -0.25) is 0 Å². The lowest BCUT2D eigenvalue weighted by molar-refractivity contribution is -0.142. The van der Waals surface area contributed by atoms with Crippen molar-refractivity contribution in [2.24, 2.45) is 0 Å². The van der Waals surface area contributed by atoms with Gasteiger partial charge in [0.2, 0.25) is 0 Å². The van der Waals surface area contributed by atoms with E-state index in [0.29, 0.717) is 38.2 Å². The van der Waals surface area contributed by atoms with E-state index in [-0.39, 0.29) is 11.4 Å². The Morgan fingerprint density at radius 2 is 1.95 bits per heavy atom. The second-order valence-corrected chi connectivity index (χ2v) is 5.26. The molecule has 0 radical (unpaired) electrons. The summed E-state index contributed by atoms with van der Waals surface area (Å²) in [5.74, 6) is 0.113. The fourth-order valence-electron chi connectivity index (χ4n) is 2.47. The molecule has 1 atom stereocenters. The molecule has 0 saturated carbocycles. The van der Waals surface area contributed by atoms with Crippen LogP contribution in [0.2, 0.25) is 0 Å². The normalized spacial score (nSPS) is 18.2. The minimum atomic E-state index is -4.47. The minimum absolute atomic E-state index is 0.113. The van der Waals surface area contributed by atoms with Gasteiger partial charge in [0, 0.05) is 18.7 Å². The summed E-state index contributed by atoms with van der Waals surface area (Å²) in [5, 5.41) is 3.05. The van der Waals surface area contributed by atoms with Gasteiger partial charge in [0.05, 0.1) is 5.69 Å². The molecule has 0 fully saturated rings. The molecule has 0 spiro atoms. The van der Waals surface area contributed by atoms with Crippen LogP contribution in [0.5, 0.6) is 0 Å². The third-order valence-electron chi connectivity index (χ3n) is 3.82. The number of hydrogen-bond acceptors (Lipinski definition) is 4. The van der Waals surface area contributed by atoms with Crippen LogP contribution in [0.3, 0.4) is 0 Å². The lowest BCUT2D eigenvalue weighted by atomic mass is 9.99. The Kier molecular flexibility index (Phi) is 4.53. The first kappa shape index (κ1) is 16.2. The Hall–Kier alpha value is -1.21.